The topological polar surface area (TPSA) is 43.8 Å². The fraction of sp³-hybridized carbons (Fsp3) is 0.0625. The van der Waals surface area contributed by atoms with E-state index in [1.165, 1.54) is 0 Å². The van der Waals surface area contributed by atoms with Crippen LogP contribution in [0.1, 0.15) is 5.56 Å². The molecular weight excluding hydrogens is 350 g/mol. The summed E-state index contributed by atoms with van der Waals surface area (Å²) in [6.07, 6.45) is 0. The number of benzene rings is 2. The van der Waals surface area contributed by atoms with E-state index in [1.54, 1.807) is 4.68 Å². The van der Waals surface area contributed by atoms with Gasteiger partial charge in [0.05, 0.1) is 16.4 Å². The van der Waals surface area contributed by atoms with E-state index in [4.69, 9.17) is 17.3 Å². The minimum absolute atomic E-state index is 0.618. The zero-order chi connectivity index (χ0) is 15.0. The zero-order valence-corrected chi connectivity index (χ0v) is 13.7. The van der Waals surface area contributed by atoms with Crippen LogP contribution in [0.4, 0.5) is 5.82 Å². The molecule has 3 rings (SSSR count). The lowest BCUT2D eigenvalue weighted by atomic mass is 10.1. The molecule has 0 saturated heterocycles. The molecule has 0 aliphatic carbocycles. The molecule has 0 aliphatic rings. The van der Waals surface area contributed by atoms with E-state index < -0.39 is 0 Å². The first-order chi connectivity index (χ1) is 10.1. The van der Waals surface area contributed by atoms with Crippen LogP contribution in [0, 0.1) is 6.92 Å². The summed E-state index contributed by atoms with van der Waals surface area (Å²) in [5, 5.41) is 5.28. The van der Waals surface area contributed by atoms with Crippen LogP contribution in [0.3, 0.4) is 0 Å². The molecule has 106 valence electrons. The molecule has 0 unspecified atom stereocenters. The molecular formula is C16H13BrClN3. The number of para-hydroxylation sites is 1. The average molecular weight is 363 g/mol. The zero-order valence-electron chi connectivity index (χ0n) is 11.3. The van der Waals surface area contributed by atoms with Gasteiger partial charge in [-0.1, -0.05) is 41.9 Å². The van der Waals surface area contributed by atoms with Gasteiger partial charge in [0.2, 0.25) is 0 Å². The average Bonchev–Trinajstić information content (AvgIpc) is 2.79. The molecule has 0 atom stereocenters. The quantitative estimate of drug-likeness (QED) is 0.708. The first-order valence-corrected chi connectivity index (χ1v) is 7.61. The van der Waals surface area contributed by atoms with Crippen molar-refractivity contribution in [2.24, 2.45) is 0 Å². The molecule has 21 heavy (non-hydrogen) atoms. The van der Waals surface area contributed by atoms with Crippen molar-refractivity contribution < 1.29 is 0 Å². The third-order valence-electron chi connectivity index (χ3n) is 3.38. The maximum absolute atomic E-state index is 6.37. The molecule has 0 saturated carbocycles. The van der Waals surface area contributed by atoms with Crippen LogP contribution in [0.25, 0.3) is 16.9 Å². The lowest BCUT2D eigenvalue weighted by Crippen LogP contribution is -2.01. The second-order valence-electron chi connectivity index (χ2n) is 4.71. The molecule has 0 spiro atoms. The van der Waals surface area contributed by atoms with Crippen molar-refractivity contribution in [3.8, 4) is 16.9 Å². The number of hydrogen-bond acceptors (Lipinski definition) is 2. The number of nitrogens with two attached hydrogens (primary N) is 1. The van der Waals surface area contributed by atoms with E-state index in [2.05, 4.69) is 21.0 Å². The summed E-state index contributed by atoms with van der Waals surface area (Å²) < 4.78 is 2.58. The van der Waals surface area contributed by atoms with Gasteiger partial charge in [-0.2, -0.15) is 5.10 Å². The monoisotopic (exact) mass is 361 g/mol. The van der Waals surface area contributed by atoms with Crippen molar-refractivity contribution in [3.05, 3.63) is 63.6 Å². The molecule has 0 radical (unpaired) electrons. The van der Waals surface area contributed by atoms with Crippen LogP contribution < -0.4 is 5.73 Å². The highest BCUT2D eigenvalue weighted by molar-refractivity contribution is 9.10. The normalized spacial score (nSPS) is 10.8. The standard InChI is InChI=1S/C16H13BrClN3/c1-10-15(12-8-5-9-13(17)14(12)18)20-21(16(10)19)11-6-3-2-4-7-11/h2-9H,19H2,1H3. The molecule has 0 bridgehead atoms. The molecule has 1 heterocycles. The van der Waals surface area contributed by atoms with Crippen LogP contribution in [-0.4, -0.2) is 9.78 Å². The van der Waals surface area contributed by atoms with E-state index in [-0.39, 0.29) is 0 Å². The van der Waals surface area contributed by atoms with Gasteiger partial charge >= 0.3 is 0 Å². The third kappa shape index (κ3) is 2.45. The first kappa shape index (κ1) is 14.2. The molecule has 2 aromatic carbocycles. The smallest absolute Gasteiger partial charge is 0.130 e. The molecule has 0 amide bonds. The van der Waals surface area contributed by atoms with Crippen molar-refractivity contribution in [3.63, 3.8) is 0 Å². The second-order valence-corrected chi connectivity index (χ2v) is 5.94. The Kier molecular flexibility index (Phi) is 3.74. The highest BCUT2D eigenvalue weighted by Gasteiger charge is 2.17. The van der Waals surface area contributed by atoms with Crippen LogP contribution in [0.5, 0.6) is 0 Å². The van der Waals surface area contributed by atoms with Gasteiger partial charge in [0.1, 0.15) is 5.82 Å². The lowest BCUT2D eigenvalue weighted by molar-refractivity contribution is 0.895. The predicted molar refractivity (Wildman–Crippen MR) is 90.9 cm³/mol. The van der Waals surface area contributed by atoms with Crippen LogP contribution in [0.15, 0.2) is 53.0 Å². The van der Waals surface area contributed by atoms with E-state index in [1.807, 2.05) is 55.5 Å². The van der Waals surface area contributed by atoms with Gasteiger partial charge < -0.3 is 5.73 Å². The highest BCUT2D eigenvalue weighted by Crippen LogP contribution is 2.36. The lowest BCUT2D eigenvalue weighted by Gasteiger charge is -2.04. The fourth-order valence-electron chi connectivity index (χ4n) is 2.22. The molecule has 2 N–H and O–H groups in total. The maximum atomic E-state index is 6.37. The Morgan fingerprint density at radius 1 is 1.10 bits per heavy atom. The summed E-state index contributed by atoms with van der Waals surface area (Å²) in [5.41, 5.74) is 9.71. The van der Waals surface area contributed by atoms with Gasteiger partial charge in [-0.15, -0.1) is 0 Å². The van der Waals surface area contributed by atoms with Crippen LogP contribution in [-0.2, 0) is 0 Å². The summed E-state index contributed by atoms with van der Waals surface area (Å²) in [5.74, 6) is 0.618. The molecule has 0 fully saturated rings. The van der Waals surface area contributed by atoms with Gasteiger partial charge in [0.25, 0.3) is 0 Å². The Balaban J connectivity index is 2.20. The van der Waals surface area contributed by atoms with E-state index in [0.717, 1.165) is 27.0 Å². The molecule has 3 aromatic rings. The summed E-state index contributed by atoms with van der Waals surface area (Å²) in [6.45, 7) is 1.95. The van der Waals surface area contributed by atoms with Gasteiger partial charge in [0.15, 0.2) is 0 Å². The molecule has 0 aliphatic heterocycles. The van der Waals surface area contributed by atoms with Gasteiger partial charge in [0, 0.05) is 15.6 Å². The number of nitrogens with zero attached hydrogens (tertiary/aromatic N) is 2. The summed E-state index contributed by atoms with van der Waals surface area (Å²) in [6, 6.07) is 15.6. The van der Waals surface area contributed by atoms with Gasteiger partial charge in [-0.3, -0.25) is 0 Å². The van der Waals surface area contributed by atoms with E-state index in [0.29, 0.717) is 10.8 Å². The van der Waals surface area contributed by atoms with Crippen molar-refractivity contribution in [1.29, 1.82) is 0 Å². The SMILES string of the molecule is Cc1c(-c2cccc(Br)c2Cl)nn(-c2ccccc2)c1N. The van der Waals surface area contributed by atoms with Crippen molar-refractivity contribution in [1.82, 2.24) is 9.78 Å². The molecule has 1 aromatic heterocycles. The Morgan fingerprint density at radius 3 is 2.52 bits per heavy atom. The van der Waals surface area contributed by atoms with Crippen molar-refractivity contribution >= 4 is 33.3 Å². The number of rotatable bonds is 2. The van der Waals surface area contributed by atoms with Gasteiger partial charge in [-0.05, 0) is 41.1 Å². The number of aromatic nitrogens is 2. The van der Waals surface area contributed by atoms with Crippen LogP contribution >= 0.6 is 27.5 Å². The first-order valence-electron chi connectivity index (χ1n) is 6.44. The summed E-state index contributed by atoms with van der Waals surface area (Å²) in [7, 11) is 0. The highest BCUT2D eigenvalue weighted by atomic mass is 79.9. The minimum Gasteiger partial charge on any atom is -0.383 e. The third-order valence-corrected chi connectivity index (χ3v) is 4.67. The Morgan fingerprint density at radius 2 is 1.81 bits per heavy atom. The summed E-state index contributed by atoms with van der Waals surface area (Å²) in [4.78, 5) is 0. The number of hydrogen-bond donors (Lipinski definition) is 1. The summed E-state index contributed by atoms with van der Waals surface area (Å²) >= 11 is 9.81. The molecule has 3 nitrogen and oxygen atoms in total. The minimum atomic E-state index is 0.618. The van der Waals surface area contributed by atoms with E-state index >= 15 is 0 Å². The largest absolute Gasteiger partial charge is 0.383 e. The predicted octanol–water partition coefficient (Wildman–Crippen LogP) is 4.85. The van der Waals surface area contributed by atoms with Crippen molar-refractivity contribution in [2.45, 2.75) is 6.92 Å². The molecule has 5 heteroatoms. The Bertz CT molecular complexity index is 797. The van der Waals surface area contributed by atoms with E-state index in [9.17, 15) is 0 Å². The Hall–Kier alpha value is -1.78. The number of nitrogen functional groups attached to an aromatic ring is 1. The maximum Gasteiger partial charge on any atom is 0.130 e. The van der Waals surface area contributed by atoms with Crippen LogP contribution in [0.2, 0.25) is 5.02 Å². The Labute approximate surface area is 136 Å². The number of halogens is 2. The van der Waals surface area contributed by atoms with Crippen molar-refractivity contribution in [2.75, 3.05) is 5.73 Å². The second kappa shape index (κ2) is 5.54. The van der Waals surface area contributed by atoms with Gasteiger partial charge in [-0.25, -0.2) is 4.68 Å². The number of anilines is 1. The fourth-order valence-corrected chi connectivity index (χ4v) is 2.80.